The molecule has 0 spiro atoms. The van der Waals surface area contributed by atoms with Crippen LogP contribution in [0.2, 0.25) is 0 Å². The van der Waals surface area contributed by atoms with Crippen LogP contribution in [0.15, 0.2) is 41.3 Å². The quantitative estimate of drug-likeness (QED) is 0.648. The van der Waals surface area contributed by atoms with Crippen LogP contribution in [0.1, 0.15) is 30.9 Å². The number of carbonyl (C=O) groups excluding carboxylic acids is 1. The molecule has 1 amide bonds. The summed E-state index contributed by atoms with van der Waals surface area (Å²) in [6, 6.07) is 7.78. The number of allylic oxidation sites excluding steroid dienone is 2. The number of aliphatic hydroxyl groups is 1. The number of aliphatic hydroxyl groups excluding tert-OH is 1. The predicted molar refractivity (Wildman–Crippen MR) is 82.7 cm³/mol. The number of amides is 1. The fourth-order valence-electron chi connectivity index (χ4n) is 2.32. The number of benzene rings is 1. The summed E-state index contributed by atoms with van der Waals surface area (Å²) in [6.45, 7) is 0.275. The Labute approximate surface area is 124 Å². The van der Waals surface area contributed by atoms with Crippen molar-refractivity contribution in [1.29, 1.82) is 0 Å². The molecule has 2 atom stereocenters. The lowest BCUT2D eigenvalue weighted by Crippen LogP contribution is -2.34. The van der Waals surface area contributed by atoms with Crippen molar-refractivity contribution >= 4 is 17.7 Å². The molecule has 2 rings (SSSR count). The predicted octanol–water partition coefficient (Wildman–Crippen LogP) is 2.91. The molecule has 0 aliphatic heterocycles. The summed E-state index contributed by atoms with van der Waals surface area (Å²) >= 11 is 1.67. The molecule has 0 saturated carbocycles. The van der Waals surface area contributed by atoms with Crippen LogP contribution in [0.4, 0.5) is 0 Å². The van der Waals surface area contributed by atoms with Crippen molar-refractivity contribution < 1.29 is 9.90 Å². The van der Waals surface area contributed by atoms with Gasteiger partial charge in [-0.1, -0.05) is 24.3 Å². The molecule has 0 bridgehead atoms. The van der Waals surface area contributed by atoms with Gasteiger partial charge in [-0.05, 0) is 43.2 Å². The molecule has 3 nitrogen and oxygen atoms in total. The fourth-order valence-corrected chi connectivity index (χ4v) is 2.73. The molecule has 1 aromatic carbocycles. The lowest BCUT2D eigenvalue weighted by atomic mass is 9.93. The number of hydrogen-bond donors (Lipinski definition) is 2. The smallest absolute Gasteiger partial charge is 0.223 e. The SMILES string of the molecule is CSc1ccc([C@H](O)CNC(=O)[C@@H]2CC=CCC2)cc1. The topological polar surface area (TPSA) is 49.3 Å². The Kier molecular flexibility index (Phi) is 5.68. The standard InChI is InChI=1S/C16H21NO2S/c1-20-14-9-7-12(8-10-14)15(18)11-17-16(19)13-5-3-2-4-6-13/h2-3,7-10,13,15,18H,4-6,11H2,1H3,(H,17,19)/t13-,15-/m1/s1. The molecule has 1 aliphatic carbocycles. The van der Waals surface area contributed by atoms with E-state index < -0.39 is 6.10 Å². The maximum Gasteiger partial charge on any atom is 0.223 e. The normalized spacial score (nSPS) is 19.6. The van der Waals surface area contributed by atoms with Gasteiger partial charge in [-0.25, -0.2) is 0 Å². The van der Waals surface area contributed by atoms with Gasteiger partial charge in [0.15, 0.2) is 0 Å². The van der Waals surface area contributed by atoms with E-state index in [0.29, 0.717) is 0 Å². The average molecular weight is 291 g/mol. The van der Waals surface area contributed by atoms with Crippen LogP contribution in [0.3, 0.4) is 0 Å². The van der Waals surface area contributed by atoms with Gasteiger partial charge in [0.25, 0.3) is 0 Å². The van der Waals surface area contributed by atoms with Crippen molar-refractivity contribution in [3.05, 3.63) is 42.0 Å². The van der Waals surface area contributed by atoms with Gasteiger partial charge in [0.2, 0.25) is 5.91 Å². The van der Waals surface area contributed by atoms with E-state index in [9.17, 15) is 9.90 Å². The second-order valence-corrected chi connectivity index (χ2v) is 5.90. The Balaban J connectivity index is 1.83. The highest BCUT2D eigenvalue weighted by Crippen LogP contribution is 2.20. The maximum atomic E-state index is 12.0. The molecular formula is C16H21NO2S. The highest BCUT2D eigenvalue weighted by molar-refractivity contribution is 7.98. The van der Waals surface area contributed by atoms with E-state index in [1.165, 1.54) is 4.90 Å². The zero-order chi connectivity index (χ0) is 14.4. The highest BCUT2D eigenvalue weighted by Gasteiger charge is 2.19. The van der Waals surface area contributed by atoms with E-state index in [2.05, 4.69) is 17.5 Å². The number of thioether (sulfide) groups is 1. The van der Waals surface area contributed by atoms with E-state index in [0.717, 1.165) is 24.8 Å². The number of hydrogen-bond acceptors (Lipinski definition) is 3. The molecule has 0 heterocycles. The van der Waals surface area contributed by atoms with Crippen LogP contribution >= 0.6 is 11.8 Å². The molecule has 20 heavy (non-hydrogen) atoms. The monoisotopic (exact) mass is 291 g/mol. The first kappa shape index (κ1) is 15.1. The molecule has 0 radical (unpaired) electrons. The van der Waals surface area contributed by atoms with E-state index in [1.54, 1.807) is 11.8 Å². The van der Waals surface area contributed by atoms with E-state index in [-0.39, 0.29) is 18.4 Å². The first-order chi connectivity index (χ1) is 9.70. The van der Waals surface area contributed by atoms with E-state index in [4.69, 9.17) is 0 Å². The third-order valence-corrected chi connectivity index (χ3v) is 4.35. The van der Waals surface area contributed by atoms with Crippen molar-refractivity contribution in [1.82, 2.24) is 5.32 Å². The van der Waals surface area contributed by atoms with Crippen LogP contribution in [0, 0.1) is 5.92 Å². The minimum absolute atomic E-state index is 0.0501. The largest absolute Gasteiger partial charge is 0.387 e. The fraction of sp³-hybridized carbons (Fsp3) is 0.438. The zero-order valence-corrected chi connectivity index (χ0v) is 12.5. The molecule has 4 heteroatoms. The molecule has 1 aliphatic rings. The Bertz CT molecular complexity index is 470. The lowest BCUT2D eigenvalue weighted by molar-refractivity contribution is -0.125. The maximum absolute atomic E-state index is 12.0. The Morgan fingerprint density at radius 3 is 2.75 bits per heavy atom. The van der Waals surface area contributed by atoms with Gasteiger partial charge in [-0.2, -0.15) is 0 Å². The summed E-state index contributed by atoms with van der Waals surface area (Å²) in [5.41, 5.74) is 0.839. The number of carbonyl (C=O) groups is 1. The van der Waals surface area contributed by atoms with Gasteiger partial charge in [0.1, 0.15) is 0 Å². The van der Waals surface area contributed by atoms with Crippen molar-refractivity contribution in [2.45, 2.75) is 30.3 Å². The summed E-state index contributed by atoms with van der Waals surface area (Å²) in [6.07, 6.45) is 8.23. The van der Waals surface area contributed by atoms with Gasteiger partial charge in [-0.15, -0.1) is 11.8 Å². The summed E-state index contributed by atoms with van der Waals surface area (Å²) in [4.78, 5) is 13.1. The van der Waals surface area contributed by atoms with Crippen molar-refractivity contribution in [3.63, 3.8) is 0 Å². The molecule has 108 valence electrons. The van der Waals surface area contributed by atoms with Crippen molar-refractivity contribution in [2.24, 2.45) is 5.92 Å². The Morgan fingerprint density at radius 1 is 1.40 bits per heavy atom. The van der Waals surface area contributed by atoms with E-state index in [1.807, 2.05) is 30.5 Å². The summed E-state index contributed by atoms with van der Waals surface area (Å²) in [7, 11) is 0. The molecule has 1 aromatic rings. The van der Waals surface area contributed by atoms with Crippen molar-refractivity contribution in [3.8, 4) is 0 Å². The average Bonchev–Trinajstić information content (AvgIpc) is 2.53. The van der Waals surface area contributed by atoms with Crippen LogP contribution in [-0.2, 0) is 4.79 Å². The first-order valence-electron chi connectivity index (χ1n) is 6.95. The van der Waals surface area contributed by atoms with Crippen LogP contribution in [-0.4, -0.2) is 23.8 Å². The Morgan fingerprint density at radius 2 is 2.15 bits per heavy atom. The van der Waals surface area contributed by atoms with Gasteiger partial charge in [0.05, 0.1) is 6.10 Å². The van der Waals surface area contributed by atoms with Gasteiger partial charge < -0.3 is 10.4 Å². The molecule has 0 unspecified atom stereocenters. The van der Waals surface area contributed by atoms with E-state index >= 15 is 0 Å². The van der Waals surface area contributed by atoms with Gasteiger partial charge >= 0.3 is 0 Å². The van der Waals surface area contributed by atoms with Crippen LogP contribution in [0.5, 0.6) is 0 Å². The highest BCUT2D eigenvalue weighted by atomic mass is 32.2. The number of nitrogens with one attached hydrogen (secondary N) is 1. The third kappa shape index (κ3) is 4.12. The zero-order valence-electron chi connectivity index (χ0n) is 11.7. The Hall–Kier alpha value is -1.26. The summed E-state index contributed by atoms with van der Waals surface area (Å²) in [5, 5.41) is 12.9. The summed E-state index contributed by atoms with van der Waals surface area (Å²) < 4.78 is 0. The second kappa shape index (κ2) is 7.50. The minimum atomic E-state index is -0.644. The molecule has 0 aromatic heterocycles. The molecule has 2 N–H and O–H groups in total. The molecule has 0 saturated heterocycles. The minimum Gasteiger partial charge on any atom is -0.387 e. The lowest BCUT2D eigenvalue weighted by Gasteiger charge is -2.19. The molecule has 0 fully saturated rings. The summed E-state index contributed by atoms with van der Waals surface area (Å²) in [5.74, 6) is 0.111. The van der Waals surface area contributed by atoms with Crippen LogP contribution in [0.25, 0.3) is 0 Å². The van der Waals surface area contributed by atoms with Gasteiger partial charge in [-0.3, -0.25) is 4.79 Å². The third-order valence-electron chi connectivity index (χ3n) is 3.61. The molecular weight excluding hydrogens is 270 g/mol. The van der Waals surface area contributed by atoms with Crippen molar-refractivity contribution in [2.75, 3.05) is 12.8 Å². The van der Waals surface area contributed by atoms with Gasteiger partial charge in [0, 0.05) is 17.4 Å². The van der Waals surface area contributed by atoms with Crippen LogP contribution < -0.4 is 5.32 Å². The number of rotatable bonds is 5. The second-order valence-electron chi connectivity index (χ2n) is 5.02. The first-order valence-corrected chi connectivity index (χ1v) is 8.18.